The van der Waals surface area contributed by atoms with Crippen LogP contribution in [0.2, 0.25) is 0 Å². The van der Waals surface area contributed by atoms with Crippen LogP contribution in [0.25, 0.3) is 11.1 Å². The summed E-state index contributed by atoms with van der Waals surface area (Å²) in [4.78, 5) is 24.9. The minimum absolute atomic E-state index is 0.0809. The molecule has 0 saturated heterocycles. The Labute approximate surface area is 216 Å². The van der Waals surface area contributed by atoms with Crippen molar-refractivity contribution < 1.29 is 19.4 Å². The van der Waals surface area contributed by atoms with Crippen LogP contribution in [0, 0.1) is 0 Å². The first kappa shape index (κ1) is 27.9. The average Bonchev–Trinajstić information content (AvgIpc) is 3.21. The number of ether oxygens (including phenoxy) is 1. The minimum Gasteiger partial charge on any atom is -0.479 e. The van der Waals surface area contributed by atoms with Crippen molar-refractivity contribution in [3.63, 3.8) is 0 Å². The fourth-order valence-electron chi connectivity index (χ4n) is 5.27. The molecule has 0 radical (unpaired) electrons. The number of fused-ring (bicyclic) bond motifs is 3. The van der Waals surface area contributed by atoms with E-state index in [1.165, 1.54) is 51.4 Å². The van der Waals surface area contributed by atoms with Crippen molar-refractivity contribution in [2.45, 2.75) is 102 Å². The number of rotatable bonds is 17. The van der Waals surface area contributed by atoms with Gasteiger partial charge in [-0.1, -0.05) is 133 Å². The summed E-state index contributed by atoms with van der Waals surface area (Å²) in [6, 6.07) is 16.1. The van der Waals surface area contributed by atoms with E-state index < -0.39 is 17.5 Å². The Morgan fingerprint density at radius 2 is 1.22 bits per heavy atom. The van der Waals surface area contributed by atoms with Crippen LogP contribution in [0.4, 0.5) is 0 Å². The lowest BCUT2D eigenvalue weighted by molar-refractivity contribution is -0.161. The van der Waals surface area contributed by atoms with Crippen LogP contribution < -0.4 is 5.73 Å². The summed E-state index contributed by atoms with van der Waals surface area (Å²) in [5.74, 6) is -2.28. The van der Waals surface area contributed by atoms with Gasteiger partial charge in [-0.15, -0.1) is 0 Å². The number of carboxylic acid groups (broad SMARTS) is 1. The van der Waals surface area contributed by atoms with Gasteiger partial charge in [0.25, 0.3) is 0 Å². The van der Waals surface area contributed by atoms with Gasteiger partial charge < -0.3 is 15.6 Å². The SMILES string of the molecule is CCCCCCCCCCCCCCC(N)(C(=O)O)C(=O)OCC1c2ccccc2-c2ccccc21. The number of hydrogen-bond acceptors (Lipinski definition) is 4. The van der Waals surface area contributed by atoms with E-state index in [0.29, 0.717) is 6.42 Å². The molecule has 36 heavy (non-hydrogen) atoms. The summed E-state index contributed by atoms with van der Waals surface area (Å²) in [5, 5.41) is 9.76. The van der Waals surface area contributed by atoms with Gasteiger partial charge >= 0.3 is 11.9 Å². The van der Waals surface area contributed by atoms with Gasteiger partial charge in [-0.25, -0.2) is 9.59 Å². The lowest BCUT2D eigenvalue weighted by Crippen LogP contribution is -2.56. The number of carbonyl (C=O) groups is 2. The van der Waals surface area contributed by atoms with Crippen LogP contribution in [0.3, 0.4) is 0 Å². The molecule has 0 aliphatic heterocycles. The number of benzene rings is 2. The van der Waals surface area contributed by atoms with E-state index in [-0.39, 0.29) is 18.9 Å². The number of carboxylic acids is 1. The molecule has 0 spiro atoms. The van der Waals surface area contributed by atoms with Crippen LogP contribution in [-0.2, 0) is 14.3 Å². The molecule has 3 N–H and O–H groups in total. The molecule has 1 aliphatic carbocycles. The van der Waals surface area contributed by atoms with Crippen molar-refractivity contribution in [3.05, 3.63) is 59.7 Å². The molecule has 1 unspecified atom stereocenters. The molecule has 0 heterocycles. The van der Waals surface area contributed by atoms with E-state index in [2.05, 4.69) is 19.1 Å². The molecule has 196 valence electrons. The maximum absolute atomic E-state index is 12.9. The molecule has 0 saturated carbocycles. The summed E-state index contributed by atoms with van der Waals surface area (Å²) in [5.41, 5.74) is 8.54. The zero-order valence-corrected chi connectivity index (χ0v) is 21.8. The average molecular weight is 494 g/mol. The quantitative estimate of drug-likeness (QED) is 0.138. The third-order valence-electron chi connectivity index (χ3n) is 7.51. The van der Waals surface area contributed by atoms with E-state index >= 15 is 0 Å². The smallest absolute Gasteiger partial charge is 0.337 e. The first-order chi connectivity index (χ1) is 17.5. The predicted molar refractivity (Wildman–Crippen MR) is 145 cm³/mol. The van der Waals surface area contributed by atoms with Gasteiger partial charge in [0.05, 0.1) is 0 Å². The maximum atomic E-state index is 12.9. The maximum Gasteiger partial charge on any atom is 0.337 e. The molecule has 1 atom stereocenters. The molecule has 2 aromatic rings. The van der Waals surface area contributed by atoms with E-state index in [0.717, 1.165) is 41.5 Å². The Bertz CT molecular complexity index is 943. The third-order valence-corrected chi connectivity index (χ3v) is 7.51. The van der Waals surface area contributed by atoms with E-state index in [1.807, 2.05) is 36.4 Å². The van der Waals surface area contributed by atoms with Crippen molar-refractivity contribution in [1.82, 2.24) is 0 Å². The highest BCUT2D eigenvalue weighted by Crippen LogP contribution is 2.44. The van der Waals surface area contributed by atoms with Crippen LogP contribution in [0.15, 0.2) is 48.5 Å². The van der Waals surface area contributed by atoms with Crippen molar-refractivity contribution in [3.8, 4) is 11.1 Å². The number of esters is 1. The molecule has 1 aliphatic rings. The van der Waals surface area contributed by atoms with Crippen LogP contribution in [0.5, 0.6) is 0 Å². The molecule has 0 fully saturated rings. The molecular formula is C31H43NO4. The number of aliphatic carboxylic acids is 1. The number of carbonyl (C=O) groups excluding carboxylic acids is 1. The third kappa shape index (κ3) is 7.19. The second-order valence-electron chi connectivity index (χ2n) is 10.2. The minimum atomic E-state index is -2.00. The highest BCUT2D eigenvalue weighted by atomic mass is 16.5. The lowest BCUT2D eigenvalue weighted by atomic mass is 9.92. The molecule has 5 nitrogen and oxygen atoms in total. The van der Waals surface area contributed by atoms with Crippen LogP contribution >= 0.6 is 0 Å². The second kappa shape index (κ2) is 14.2. The molecule has 0 amide bonds. The zero-order chi connectivity index (χ0) is 25.8. The fraction of sp³-hybridized carbons (Fsp3) is 0.548. The normalized spacial score (nSPS) is 14.2. The standard InChI is InChI=1S/C31H43NO4/c1-2-3-4-5-6-7-8-9-10-11-12-17-22-31(32,29(33)34)30(35)36-23-28-26-20-15-13-18-24(26)25-19-14-16-21-27(25)28/h13-16,18-21,28H,2-12,17,22-23,32H2,1H3,(H,33,34). The van der Waals surface area contributed by atoms with Gasteiger partial charge in [-0.2, -0.15) is 0 Å². The van der Waals surface area contributed by atoms with Gasteiger partial charge in [-0.05, 0) is 28.7 Å². The Hall–Kier alpha value is -2.66. The predicted octanol–water partition coefficient (Wildman–Crippen LogP) is 7.22. The molecule has 2 aromatic carbocycles. The zero-order valence-electron chi connectivity index (χ0n) is 21.8. The van der Waals surface area contributed by atoms with Crippen molar-refractivity contribution in [2.75, 3.05) is 6.61 Å². The number of nitrogens with two attached hydrogens (primary N) is 1. The van der Waals surface area contributed by atoms with Crippen LogP contribution in [0.1, 0.15) is 107 Å². The first-order valence-electron chi connectivity index (χ1n) is 13.9. The summed E-state index contributed by atoms with van der Waals surface area (Å²) < 4.78 is 5.58. The molecule has 3 rings (SSSR count). The van der Waals surface area contributed by atoms with Crippen molar-refractivity contribution in [2.24, 2.45) is 5.73 Å². The molecule has 0 bridgehead atoms. The topological polar surface area (TPSA) is 89.6 Å². The van der Waals surface area contributed by atoms with Crippen LogP contribution in [-0.4, -0.2) is 29.2 Å². The van der Waals surface area contributed by atoms with Gasteiger partial charge in [0.15, 0.2) is 0 Å². The van der Waals surface area contributed by atoms with Crippen molar-refractivity contribution in [1.29, 1.82) is 0 Å². The van der Waals surface area contributed by atoms with E-state index in [9.17, 15) is 14.7 Å². The first-order valence-corrected chi connectivity index (χ1v) is 13.9. The molecular weight excluding hydrogens is 450 g/mol. The van der Waals surface area contributed by atoms with Gasteiger partial charge in [0.1, 0.15) is 6.61 Å². The number of hydrogen-bond donors (Lipinski definition) is 2. The fourth-order valence-corrected chi connectivity index (χ4v) is 5.27. The van der Waals surface area contributed by atoms with E-state index in [4.69, 9.17) is 10.5 Å². The highest BCUT2D eigenvalue weighted by Gasteiger charge is 2.44. The number of unbranched alkanes of at least 4 members (excludes halogenated alkanes) is 11. The summed E-state index contributed by atoms with van der Waals surface area (Å²) in [7, 11) is 0. The van der Waals surface area contributed by atoms with Gasteiger partial charge in [0, 0.05) is 5.92 Å². The Kier molecular flexibility index (Phi) is 11.0. The molecule has 0 aromatic heterocycles. The monoisotopic (exact) mass is 493 g/mol. The Morgan fingerprint density at radius 1 is 0.778 bits per heavy atom. The highest BCUT2D eigenvalue weighted by molar-refractivity contribution is 6.03. The molecule has 5 heteroatoms. The Balaban J connectivity index is 1.42. The lowest BCUT2D eigenvalue weighted by Gasteiger charge is -2.24. The van der Waals surface area contributed by atoms with Gasteiger partial charge in [-0.3, -0.25) is 0 Å². The Morgan fingerprint density at radius 3 is 1.69 bits per heavy atom. The summed E-state index contributed by atoms with van der Waals surface area (Å²) in [6.45, 7) is 2.32. The summed E-state index contributed by atoms with van der Waals surface area (Å²) in [6.07, 6.45) is 14.2. The van der Waals surface area contributed by atoms with Gasteiger partial charge in [0.2, 0.25) is 5.54 Å². The summed E-state index contributed by atoms with van der Waals surface area (Å²) >= 11 is 0. The second-order valence-corrected chi connectivity index (χ2v) is 10.2. The largest absolute Gasteiger partial charge is 0.479 e. The van der Waals surface area contributed by atoms with E-state index in [1.54, 1.807) is 0 Å². The van der Waals surface area contributed by atoms with Crippen molar-refractivity contribution >= 4 is 11.9 Å².